The molecule has 10 nitrogen and oxygen atoms in total. The fourth-order valence-corrected chi connectivity index (χ4v) is 4.51. The van der Waals surface area contributed by atoms with Gasteiger partial charge in [0.1, 0.15) is 5.82 Å². The van der Waals surface area contributed by atoms with Crippen LogP contribution in [0.1, 0.15) is 40.4 Å². The Hall–Kier alpha value is -4.68. The van der Waals surface area contributed by atoms with Crippen LogP contribution in [0.4, 0.5) is 13.2 Å². The van der Waals surface area contributed by atoms with E-state index in [1.807, 2.05) is 72.2 Å². The average molecular weight is 557 g/mol. The first-order valence-electron chi connectivity index (χ1n) is 12.3. The van der Waals surface area contributed by atoms with Crippen LogP contribution >= 0.6 is 0 Å². The van der Waals surface area contributed by atoms with E-state index in [0.717, 1.165) is 22.3 Å². The molecular weight excluding hydrogens is 529 g/mol. The summed E-state index contributed by atoms with van der Waals surface area (Å²) in [5.41, 5.74) is 3.40. The first kappa shape index (κ1) is 28.3. The zero-order valence-electron chi connectivity index (χ0n) is 21.7. The summed E-state index contributed by atoms with van der Waals surface area (Å²) in [7, 11) is 1.96. The monoisotopic (exact) mass is 556 g/mol. The standard InChI is InChI=1S/C25H26N6O2.C2HF3O2/c1-17-24-28-19(12-23(32)27-14-18-6-5-9-26-13-18)15-30(24)10-11-31(17)25(33)21-16-29(2)22-8-4-3-7-20(21)22;3-2(4,5)1(6)7/h3-9,13,15-17H,10-12,14H2,1-2H3,(H,27,32);(H,6,7). The van der Waals surface area contributed by atoms with Gasteiger partial charge in [-0.05, 0) is 24.6 Å². The van der Waals surface area contributed by atoms with E-state index in [-0.39, 0.29) is 24.3 Å². The number of amides is 2. The van der Waals surface area contributed by atoms with Crippen molar-refractivity contribution in [2.75, 3.05) is 6.54 Å². The fraction of sp³-hybridized carbons (Fsp3) is 0.296. The van der Waals surface area contributed by atoms with Crippen molar-refractivity contribution in [3.05, 3.63) is 83.8 Å². The van der Waals surface area contributed by atoms with Gasteiger partial charge in [-0.15, -0.1) is 0 Å². The number of halogens is 3. The fourth-order valence-electron chi connectivity index (χ4n) is 4.51. The Morgan fingerprint density at radius 1 is 1.10 bits per heavy atom. The number of hydrogen-bond acceptors (Lipinski definition) is 5. The van der Waals surface area contributed by atoms with Crippen molar-refractivity contribution in [2.45, 2.75) is 38.7 Å². The highest BCUT2D eigenvalue weighted by Gasteiger charge is 2.38. The van der Waals surface area contributed by atoms with Gasteiger partial charge in [-0.1, -0.05) is 24.3 Å². The molecule has 0 saturated heterocycles. The number of alkyl halides is 3. The number of aromatic nitrogens is 4. The van der Waals surface area contributed by atoms with Crippen LogP contribution in [-0.4, -0.2) is 59.6 Å². The molecule has 13 heteroatoms. The summed E-state index contributed by atoms with van der Waals surface area (Å²) >= 11 is 0. The predicted molar refractivity (Wildman–Crippen MR) is 138 cm³/mol. The summed E-state index contributed by atoms with van der Waals surface area (Å²) in [6.07, 6.45) is 2.38. The summed E-state index contributed by atoms with van der Waals surface area (Å²) in [4.78, 5) is 45.4. The molecular formula is C27H27F3N6O4. The van der Waals surface area contributed by atoms with Gasteiger partial charge in [-0.3, -0.25) is 14.6 Å². The van der Waals surface area contributed by atoms with Gasteiger partial charge in [-0.25, -0.2) is 9.78 Å². The second kappa shape index (κ2) is 11.6. The number of para-hydroxylation sites is 1. The van der Waals surface area contributed by atoms with Crippen molar-refractivity contribution in [3.63, 3.8) is 0 Å². The highest BCUT2D eigenvalue weighted by Crippen LogP contribution is 2.29. The highest BCUT2D eigenvalue weighted by atomic mass is 19.4. The number of nitrogens with zero attached hydrogens (tertiary/aromatic N) is 5. The molecule has 2 amide bonds. The summed E-state index contributed by atoms with van der Waals surface area (Å²) in [5, 5.41) is 11.0. The molecule has 1 atom stereocenters. The number of nitrogens with one attached hydrogen (secondary N) is 1. The molecule has 1 unspecified atom stereocenters. The third-order valence-electron chi connectivity index (χ3n) is 6.47. The van der Waals surface area contributed by atoms with Crippen LogP contribution < -0.4 is 5.32 Å². The topological polar surface area (TPSA) is 122 Å². The molecule has 0 fully saturated rings. The molecule has 0 bridgehead atoms. The lowest BCUT2D eigenvalue weighted by molar-refractivity contribution is -0.192. The average Bonchev–Trinajstić information content (AvgIpc) is 3.49. The first-order valence-corrected chi connectivity index (χ1v) is 12.3. The minimum absolute atomic E-state index is 0.00399. The molecule has 3 aromatic heterocycles. The van der Waals surface area contributed by atoms with Gasteiger partial charge in [0.25, 0.3) is 5.91 Å². The molecule has 2 N–H and O–H groups in total. The molecule has 1 aromatic carbocycles. The number of benzene rings is 1. The SMILES string of the molecule is CC1c2nc(CC(=O)NCc3cccnc3)cn2CCN1C(=O)c1cn(C)c2ccccc12.O=C(O)C(F)(F)F. The summed E-state index contributed by atoms with van der Waals surface area (Å²) in [5.74, 6) is -2.03. The number of imidazole rings is 1. The number of fused-ring (bicyclic) bond motifs is 2. The number of hydrogen-bond donors (Lipinski definition) is 2. The van der Waals surface area contributed by atoms with E-state index in [4.69, 9.17) is 14.9 Å². The Morgan fingerprint density at radius 2 is 1.82 bits per heavy atom. The molecule has 40 heavy (non-hydrogen) atoms. The van der Waals surface area contributed by atoms with Crippen molar-refractivity contribution < 1.29 is 32.7 Å². The van der Waals surface area contributed by atoms with Crippen LogP contribution in [0.15, 0.2) is 61.2 Å². The van der Waals surface area contributed by atoms with Crippen molar-refractivity contribution in [1.29, 1.82) is 0 Å². The van der Waals surface area contributed by atoms with Gasteiger partial charge in [0.2, 0.25) is 5.91 Å². The number of carbonyl (C=O) groups excluding carboxylic acids is 2. The Kier molecular flexibility index (Phi) is 8.21. The van der Waals surface area contributed by atoms with E-state index in [9.17, 15) is 22.8 Å². The van der Waals surface area contributed by atoms with Crippen molar-refractivity contribution in [1.82, 2.24) is 29.3 Å². The maximum atomic E-state index is 13.5. The molecule has 0 radical (unpaired) electrons. The lowest BCUT2D eigenvalue weighted by atomic mass is 10.1. The van der Waals surface area contributed by atoms with Gasteiger partial charge in [0.15, 0.2) is 0 Å². The van der Waals surface area contributed by atoms with E-state index in [0.29, 0.717) is 30.9 Å². The molecule has 0 spiro atoms. The molecule has 5 rings (SSSR count). The molecule has 4 heterocycles. The molecule has 1 aliphatic rings. The van der Waals surface area contributed by atoms with Gasteiger partial charge >= 0.3 is 12.1 Å². The Labute approximate surface area is 227 Å². The zero-order valence-corrected chi connectivity index (χ0v) is 21.7. The third-order valence-corrected chi connectivity index (χ3v) is 6.47. The summed E-state index contributed by atoms with van der Waals surface area (Å²) < 4.78 is 35.8. The maximum absolute atomic E-state index is 13.5. The Bertz CT molecular complexity index is 1530. The minimum Gasteiger partial charge on any atom is -0.475 e. The molecule has 0 saturated carbocycles. The third kappa shape index (κ3) is 6.30. The van der Waals surface area contributed by atoms with E-state index in [2.05, 4.69) is 14.9 Å². The van der Waals surface area contributed by atoms with Gasteiger partial charge in [0, 0.05) is 62.4 Å². The quantitative estimate of drug-likeness (QED) is 0.388. The van der Waals surface area contributed by atoms with Gasteiger partial charge in [-0.2, -0.15) is 13.2 Å². The largest absolute Gasteiger partial charge is 0.490 e. The minimum atomic E-state index is -5.08. The van der Waals surface area contributed by atoms with Crippen LogP contribution in [-0.2, 0) is 36.1 Å². The zero-order chi connectivity index (χ0) is 29.0. The highest BCUT2D eigenvalue weighted by molar-refractivity contribution is 6.07. The summed E-state index contributed by atoms with van der Waals surface area (Å²) in [6, 6.07) is 11.5. The second-order valence-corrected chi connectivity index (χ2v) is 9.25. The van der Waals surface area contributed by atoms with Crippen molar-refractivity contribution >= 4 is 28.7 Å². The van der Waals surface area contributed by atoms with Gasteiger partial charge < -0.3 is 24.5 Å². The van der Waals surface area contributed by atoms with Crippen LogP contribution in [0.2, 0.25) is 0 Å². The number of aryl methyl sites for hydroxylation is 1. The Balaban J connectivity index is 0.000000470. The smallest absolute Gasteiger partial charge is 0.475 e. The molecule has 0 aliphatic carbocycles. The Morgan fingerprint density at radius 3 is 2.50 bits per heavy atom. The number of carboxylic acids is 1. The van der Waals surface area contributed by atoms with E-state index < -0.39 is 12.1 Å². The first-order chi connectivity index (χ1) is 19.0. The van der Waals surface area contributed by atoms with Gasteiger partial charge in [0.05, 0.1) is 23.7 Å². The lowest BCUT2D eigenvalue weighted by Gasteiger charge is -2.33. The van der Waals surface area contributed by atoms with E-state index >= 15 is 0 Å². The van der Waals surface area contributed by atoms with Crippen molar-refractivity contribution in [3.8, 4) is 0 Å². The van der Waals surface area contributed by atoms with Crippen LogP contribution in [0.25, 0.3) is 10.9 Å². The lowest BCUT2D eigenvalue weighted by Crippen LogP contribution is -2.41. The van der Waals surface area contributed by atoms with Crippen LogP contribution in [0.3, 0.4) is 0 Å². The van der Waals surface area contributed by atoms with Crippen LogP contribution in [0, 0.1) is 0 Å². The van der Waals surface area contributed by atoms with Crippen LogP contribution in [0.5, 0.6) is 0 Å². The van der Waals surface area contributed by atoms with E-state index in [1.54, 1.807) is 12.4 Å². The number of carbonyl (C=O) groups is 3. The predicted octanol–water partition coefficient (Wildman–Crippen LogP) is 3.48. The number of carboxylic acid groups (broad SMARTS) is 1. The second-order valence-electron chi connectivity index (χ2n) is 9.25. The normalized spacial score (nSPS) is 14.7. The maximum Gasteiger partial charge on any atom is 0.490 e. The number of aliphatic carboxylic acids is 1. The molecule has 4 aromatic rings. The molecule has 210 valence electrons. The van der Waals surface area contributed by atoms with Crippen molar-refractivity contribution in [2.24, 2.45) is 7.05 Å². The molecule has 1 aliphatic heterocycles. The summed E-state index contributed by atoms with van der Waals surface area (Å²) in [6.45, 7) is 3.68. The van der Waals surface area contributed by atoms with E-state index in [1.165, 1.54) is 0 Å². The number of rotatable bonds is 5. The number of pyridine rings is 1.